The number of ether oxygens (including phenoxy) is 2. The minimum Gasteiger partial charge on any atom is -0.469 e. The highest BCUT2D eigenvalue weighted by molar-refractivity contribution is 5.70. The normalized spacial score (nSPS) is 30.3. The predicted octanol–water partition coefficient (Wildman–Crippen LogP) is 2.67. The summed E-state index contributed by atoms with van der Waals surface area (Å²) in [6.45, 7) is 3.14. The first kappa shape index (κ1) is 18.2. The minimum absolute atomic E-state index is 0.120. The van der Waals surface area contributed by atoms with Crippen molar-refractivity contribution < 1.29 is 23.5 Å². The Kier molecular flexibility index (Phi) is 6.88. The Hall–Kier alpha value is -1.10. The Morgan fingerprint density at radius 3 is 2.43 bits per heavy atom. The number of carbonyl (C=O) groups excluding carboxylic acids is 2. The maximum atomic E-state index is 11.9. The highest BCUT2D eigenvalue weighted by Gasteiger charge is 2.43. The second-order valence-electron chi connectivity index (χ2n) is 7.36. The van der Waals surface area contributed by atoms with Crippen LogP contribution in [0.2, 0.25) is 0 Å². The van der Waals surface area contributed by atoms with Gasteiger partial charge in [0.05, 0.1) is 39.9 Å². The molecule has 0 aliphatic carbocycles. The maximum Gasteiger partial charge on any atom is 0.305 e. The first-order valence-electron chi connectivity index (χ1n) is 9.12. The number of hydrogen-bond acceptors (Lipinski definition) is 4. The zero-order chi connectivity index (χ0) is 16.7. The fourth-order valence-electron chi connectivity index (χ4n) is 4.34. The molecule has 2 aliphatic heterocycles. The number of fused-ring (bicyclic) bond motifs is 1. The van der Waals surface area contributed by atoms with E-state index in [9.17, 15) is 9.59 Å². The molecular formula is C18H32NO4+. The van der Waals surface area contributed by atoms with Gasteiger partial charge in [-0.05, 0) is 38.5 Å². The van der Waals surface area contributed by atoms with Crippen LogP contribution in [0, 0.1) is 5.92 Å². The quantitative estimate of drug-likeness (QED) is 0.410. The number of piperidine rings is 2. The molecule has 0 spiro atoms. The lowest BCUT2D eigenvalue weighted by atomic mass is 9.82. The van der Waals surface area contributed by atoms with E-state index >= 15 is 0 Å². The molecule has 0 saturated carbocycles. The molecular weight excluding hydrogens is 294 g/mol. The largest absolute Gasteiger partial charge is 0.469 e. The van der Waals surface area contributed by atoms with Crippen LogP contribution < -0.4 is 0 Å². The van der Waals surface area contributed by atoms with Crippen LogP contribution in [0.3, 0.4) is 0 Å². The second kappa shape index (κ2) is 8.67. The summed E-state index contributed by atoms with van der Waals surface area (Å²) >= 11 is 0. The third-order valence-electron chi connectivity index (χ3n) is 5.71. The van der Waals surface area contributed by atoms with Gasteiger partial charge in [-0.3, -0.25) is 9.59 Å². The van der Waals surface area contributed by atoms with Crippen molar-refractivity contribution in [2.24, 2.45) is 5.92 Å². The molecule has 0 radical (unpaired) electrons. The molecule has 5 heteroatoms. The van der Waals surface area contributed by atoms with Crippen molar-refractivity contribution in [2.45, 2.75) is 63.8 Å². The molecule has 0 aromatic carbocycles. The lowest BCUT2D eigenvalue weighted by molar-refractivity contribution is -0.947. The highest BCUT2D eigenvalue weighted by atomic mass is 16.5. The van der Waals surface area contributed by atoms with Crippen molar-refractivity contribution in [1.29, 1.82) is 0 Å². The first-order chi connectivity index (χ1) is 11.0. The lowest BCUT2D eigenvalue weighted by Gasteiger charge is -2.51. The van der Waals surface area contributed by atoms with E-state index in [1.165, 1.54) is 56.8 Å². The average Bonchev–Trinajstić information content (AvgIpc) is 2.55. The van der Waals surface area contributed by atoms with Crippen LogP contribution in [-0.2, 0) is 19.1 Å². The van der Waals surface area contributed by atoms with Gasteiger partial charge in [-0.25, -0.2) is 0 Å². The monoisotopic (exact) mass is 326 g/mol. The predicted molar refractivity (Wildman–Crippen MR) is 87.7 cm³/mol. The van der Waals surface area contributed by atoms with Crippen molar-refractivity contribution in [1.82, 2.24) is 0 Å². The summed E-state index contributed by atoms with van der Waals surface area (Å²) in [6, 6.07) is 0.671. The summed E-state index contributed by atoms with van der Waals surface area (Å²) < 4.78 is 11.3. The number of nitrogens with zero attached hydrogens (tertiary/aromatic N) is 1. The second-order valence-corrected chi connectivity index (χ2v) is 7.36. The van der Waals surface area contributed by atoms with Gasteiger partial charge in [0, 0.05) is 25.2 Å². The van der Waals surface area contributed by atoms with Gasteiger partial charge in [0.25, 0.3) is 0 Å². The first-order valence-corrected chi connectivity index (χ1v) is 9.12. The summed E-state index contributed by atoms with van der Waals surface area (Å²) in [4.78, 5) is 22.9. The Morgan fingerprint density at radius 1 is 1.00 bits per heavy atom. The Labute approximate surface area is 139 Å². The lowest BCUT2D eigenvalue weighted by Crippen LogP contribution is -2.61. The zero-order valence-electron chi connectivity index (χ0n) is 14.7. The van der Waals surface area contributed by atoms with Crippen LogP contribution in [0.25, 0.3) is 0 Å². The van der Waals surface area contributed by atoms with Crippen LogP contribution in [0.4, 0.5) is 0 Å². The summed E-state index contributed by atoms with van der Waals surface area (Å²) in [5.74, 6) is 0.188. The standard InChI is InChI=1S/C18H32NO4/c1-19-12-6-5-9-16(19)15(8-7-13-19)14-23-18(21)11-4-3-10-17(20)22-2/h15-16H,3-14H2,1-2H3/q+1/t15-,16+,19-/m0/s1. The van der Waals surface area contributed by atoms with E-state index in [-0.39, 0.29) is 11.9 Å². The highest BCUT2D eigenvalue weighted by Crippen LogP contribution is 2.36. The van der Waals surface area contributed by atoms with E-state index in [4.69, 9.17) is 4.74 Å². The van der Waals surface area contributed by atoms with E-state index in [2.05, 4.69) is 11.8 Å². The number of methoxy groups -OCH3 is 1. The van der Waals surface area contributed by atoms with Gasteiger partial charge in [0.15, 0.2) is 0 Å². The van der Waals surface area contributed by atoms with Crippen molar-refractivity contribution in [3.63, 3.8) is 0 Å². The molecule has 2 heterocycles. The SMILES string of the molecule is COC(=O)CCCCC(=O)OC[C@@H]1CCC[N@+]2(C)CCCC[C@H]12. The molecule has 2 fully saturated rings. The van der Waals surface area contributed by atoms with Crippen molar-refractivity contribution in [3.05, 3.63) is 0 Å². The molecule has 0 amide bonds. The van der Waals surface area contributed by atoms with E-state index in [1.54, 1.807) is 0 Å². The molecule has 0 aromatic rings. The van der Waals surface area contributed by atoms with Gasteiger partial charge in [-0.15, -0.1) is 0 Å². The maximum absolute atomic E-state index is 11.9. The van der Waals surface area contributed by atoms with Crippen LogP contribution in [0.1, 0.15) is 57.8 Å². The Morgan fingerprint density at radius 2 is 1.70 bits per heavy atom. The molecule has 2 saturated heterocycles. The molecule has 0 N–H and O–H groups in total. The Bertz CT molecular complexity index is 408. The molecule has 23 heavy (non-hydrogen) atoms. The fraction of sp³-hybridized carbons (Fsp3) is 0.889. The molecule has 0 bridgehead atoms. The van der Waals surface area contributed by atoms with Crippen LogP contribution >= 0.6 is 0 Å². The summed E-state index contributed by atoms with van der Waals surface area (Å²) in [7, 11) is 3.77. The summed E-state index contributed by atoms with van der Waals surface area (Å²) in [6.07, 6.45) is 8.51. The van der Waals surface area contributed by atoms with E-state index in [0.29, 0.717) is 44.2 Å². The summed E-state index contributed by atoms with van der Waals surface area (Å²) in [5.41, 5.74) is 0. The van der Waals surface area contributed by atoms with Crippen LogP contribution in [-0.4, -0.2) is 56.3 Å². The minimum atomic E-state index is -0.213. The third-order valence-corrected chi connectivity index (χ3v) is 5.71. The van der Waals surface area contributed by atoms with Crippen molar-refractivity contribution in [2.75, 3.05) is 33.9 Å². The molecule has 5 nitrogen and oxygen atoms in total. The van der Waals surface area contributed by atoms with Gasteiger partial charge in [-0.2, -0.15) is 0 Å². The molecule has 2 aliphatic rings. The number of unbranched alkanes of at least 4 members (excludes halogenated alkanes) is 1. The third kappa shape index (κ3) is 5.20. The molecule has 0 aromatic heterocycles. The van der Waals surface area contributed by atoms with Crippen molar-refractivity contribution >= 4 is 11.9 Å². The number of carbonyl (C=O) groups is 2. The van der Waals surface area contributed by atoms with Gasteiger partial charge in [-0.1, -0.05) is 0 Å². The topological polar surface area (TPSA) is 52.6 Å². The summed E-state index contributed by atoms with van der Waals surface area (Å²) in [5, 5.41) is 0. The molecule has 132 valence electrons. The van der Waals surface area contributed by atoms with Gasteiger partial charge in [0.2, 0.25) is 0 Å². The van der Waals surface area contributed by atoms with Crippen LogP contribution in [0.15, 0.2) is 0 Å². The van der Waals surface area contributed by atoms with E-state index in [1.807, 2.05) is 0 Å². The van der Waals surface area contributed by atoms with E-state index < -0.39 is 0 Å². The number of esters is 2. The Balaban J connectivity index is 1.68. The van der Waals surface area contributed by atoms with Gasteiger partial charge in [0.1, 0.15) is 0 Å². The smallest absolute Gasteiger partial charge is 0.305 e. The fourth-order valence-corrected chi connectivity index (χ4v) is 4.34. The van der Waals surface area contributed by atoms with E-state index in [0.717, 1.165) is 0 Å². The van der Waals surface area contributed by atoms with Gasteiger partial charge >= 0.3 is 11.9 Å². The molecule has 0 unspecified atom stereocenters. The molecule has 2 rings (SSSR count). The number of rotatable bonds is 7. The van der Waals surface area contributed by atoms with Gasteiger partial charge < -0.3 is 14.0 Å². The average molecular weight is 326 g/mol. The number of hydrogen-bond donors (Lipinski definition) is 0. The van der Waals surface area contributed by atoms with Crippen molar-refractivity contribution in [3.8, 4) is 0 Å². The molecule has 3 atom stereocenters. The number of quaternary nitrogens is 1. The zero-order valence-corrected chi connectivity index (χ0v) is 14.7. The van der Waals surface area contributed by atoms with Crippen LogP contribution in [0.5, 0.6) is 0 Å².